The molecule has 0 aromatic rings. The van der Waals surface area contributed by atoms with Gasteiger partial charge in [-0.15, -0.1) is 0 Å². The van der Waals surface area contributed by atoms with Gasteiger partial charge in [-0.2, -0.15) is 0 Å². The highest BCUT2D eigenvalue weighted by Crippen LogP contribution is 2.09. The lowest BCUT2D eigenvalue weighted by molar-refractivity contribution is 0.135. The molecule has 1 fully saturated rings. The van der Waals surface area contributed by atoms with E-state index in [2.05, 4.69) is 23.6 Å². The molecule has 0 unspecified atom stereocenters. The van der Waals surface area contributed by atoms with Gasteiger partial charge in [0, 0.05) is 26.2 Å². The number of unbranched alkanes of at least 4 members (excludes halogenated alkanes) is 7. The van der Waals surface area contributed by atoms with Crippen LogP contribution in [-0.4, -0.2) is 49.1 Å². The van der Waals surface area contributed by atoms with Crippen LogP contribution in [0.15, 0.2) is 0 Å². The maximum Gasteiger partial charge on any atom is 0.0110 e. The molecule has 0 bridgehead atoms. The summed E-state index contributed by atoms with van der Waals surface area (Å²) in [5.74, 6) is 0. The van der Waals surface area contributed by atoms with Crippen LogP contribution in [0.25, 0.3) is 0 Å². The van der Waals surface area contributed by atoms with Crippen LogP contribution in [-0.2, 0) is 0 Å². The fourth-order valence-corrected chi connectivity index (χ4v) is 2.80. The van der Waals surface area contributed by atoms with Crippen LogP contribution in [0.1, 0.15) is 65.2 Å². The molecule has 0 aromatic heterocycles. The van der Waals surface area contributed by atoms with Crippen molar-refractivity contribution in [3.8, 4) is 0 Å². The van der Waals surface area contributed by atoms with Gasteiger partial charge in [0.25, 0.3) is 0 Å². The Labute approximate surface area is 115 Å². The summed E-state index contributed by atoms with van der Waals surface area (Å²) in [7, 11) is 0. The minimum atomic E-state index is 1.23. The maximum atomic E-state index is 2.66. The number of nitrogens with zero attached hydrogens (tertiary/aromatic N) is 2. The highest BCUT2D eigenvalue weighted by Gasteiger charge is 2.14. The van der Waals surface area contributed by atoms with Crippen LogP contribution in [0.4, 0.5) is 0 Å². The molecule has 0 N–H and O–H groups in total. The molecule has 0 radical (unpaired) electrons. The Morgan fingerprint density at radius 3 is 1.67 bits per heavy atom. The summed E-state index contributed by atoms with van der Waals surface area (Å²) >= 11 is 0. The van der Waals surface area contributed by atoms with Crippen LogP contribution >= 0.6 is 0 Å². The normalized spacial score (nSPS) is 18.3. The maximum absolute atomic E-state index is 2.66. The predicted molar refractivity (Wildman–Crippen MR) is 81.2 cm³/mol. The van der Waals surface area contributed by atoms with Gasteiger partial charge in [0.2, 0.25) is 0 Å². The van der Waals surface area contributed by atoms with Crippen LogP contribution in [0.2, 0.25) is 0 Å². The topological polar surface area (TPSA) is 6.48 Å². The molecular formula is C16H34N2. The predicted octanol–water partition coefficient (Wildman–Crippen LogP) is 3.76. The van der Waals surface area contributed by atoms with Crippen molar-refractivity contribution in [2.24, 2.45) is 0 Å². The molecule has 1 saturated heterocycles. The van der Waals surface area contributed by atoms with Crippen molar-refractivity contribution >= 4 is 0 Å². The lowest BCUT2D eigenvalue weighted by atomic mass is 10.1. The van der Waals surface area contributed by atoms with E-state index in [1.54, 1.807) is 0 Å². The summed E-state index contributed by atoms with van der Waals surface area (Å²) in [5, 5.41) is 0. The third kappa shape index (κ3) is 7.38. The van der Waals surface area contributed by atoms with Crippen molar-refractivity contribution in [3.05, 3.63) is 0 Å². The van der Waals surface area contributed by atoms with Gasteiger partial charge in [-0.25, -0.2) is 0 Å². The van der Waals surface area contributed by atoms with Gasteiger partial charge >= 0.3 is 0 Å². The molecule has 1 rings (SSSR count). The van der Waals surface area contributed by atoms with Gasteiger partial charge in [0.1, 0.15) is 0 Å². The zero-order valence-electron chi connectivity index (χ0n) is 12.8. The Balaban J connectivity index is 1.84. The van der Waals surface area contributed by atoms with Crippen LogP contribution in [0.5, 0.6) is 0 Å². The van der Waals surface area contributed by atoms with Gasteiger partial charge in [0.15, 0.2) is 0 Å². The molecule has 0 saturated carbocycles. The molecule has 0 aromatic carbocycles. The van der Waals surface area contributed by atoms with Gasteiger partial charge in [-0.05, 0) is 19.5 Å². The molecule has 1 aliphatic rings. The minimum Gasteiger partial charge on any atom is -0.301 e. The van der Waals surface area contributed by atoms with E-state index in [-0.39, 0.29) is 0 Å². The highest BCUT2D eigenvalue weighted by atomic mass is 15.3. The third-order valence-corrected chi connectivity index (χ3v) is 4.24. The molecule has 0 amide bonds. The first-order valence-corrected chi connectivity index (χ1v) is 8.31. The monoisotopic (exact) mass is 254 g/mol. The van der Waals surface area contributed by atoms with Crippen molar-refractivity contribution in [1.29, 1.82) is 0 Å². The second kappa shape index (κ2) is 10.8. The molecule has 0 atom stereocenters. The van der Waals surface area contributed by atoms with E-state index in [1.165, 1.54) is 90.6 Å². The smallest absolute Gasteiger partial charge is 0.0110 e. The minimum absolute atomic E-state index is 1.23. The van der Waals surface area contributed by atoms with E-state index in [0.29, 0.717) is 0 Å². The number of likely N-dealkylation sites (N-methyl/N-ethyl adjacent to an activating group) is 1. The van der Waals surface area contributed by atoms with E-state index in [1.807, 2.05) is 0 Å². The highest BCUT2D eigenvalue weighted by molar-refractivity contribution is 4.70. The number of piperazine rings is 1. The second-order valence-electron chi connectivity index (χ2n) is 5.75. The van der Waals surface area contributed by atoms with Gasteiger partial charge in [0.05, 0.1) is 0 Å². The zero-order valence-corrected chi connectivity index (χ0v) is 12.8. The van der Waals surface area contributed by atoms with Crippen LogP contribution < -0.4 is 0 Å². The molecule has 1 aliphatic heterocycles. The van der Waals surface area contributed by atoms with Gasteiger partial charge < -0.3 is 9.80 Å². The Morgan fingerprint density at radius 1 is 0.611 bits per heavy atom. The Bertz CT molecular complexity index is 174. The number of hydrogen-bond acceptors (Lipinski definition) is 2. The van der Waals surface area contributed by atoms with Gasteiger partial charge in [-0.3, -0.25) is 0 Å². The molecule has 1 heterocycles. The number of hydrogen-bond donors (Lipinski definition) is 0. The van der Waals surface area contributed by atoms with Gasteiger partial charge in [-0.1, -0.05) is 58.8 Å². The van der Waals surface area contributed by atoms with Crippen LogP contribution in [0.3, 0.4) is 0 Å². The Kier molecular flexibility index (Phi) is 9.59. The van der Waals surface area contributed by atoms with Crippen molar-refractivity contribution in [3.63, 3.8) is 0 Å². The van der Waals surface area contributed by atoms with E-state index in [0.717, 1.165) is 0 Å². The van der Waals surface area contributed by atoms with Crippen molar-refractivity contribution < 1.29 is 0 Å². The molecule has 18 heavy (non-hydrogen) atoms. The fourth-order valence-electron chi connectivity index (χ4n) is 2.80. The number of rotatable bonds is 10. The first-order chi connectivity index (χ1) is 8.86. The average Bonchev–Trinajstić information content (AvgIpc) is 2.42. The molecule has 0 aliphatic carbocycles. The Hall–Kier alpha value is -0.0800. The first kappa shape index (κ1) is 16.0. The molecule has 0 spiro atoms. The van der Waals surface area contributed by atoms with Crippen LogP contribution in [0, 0.1) is 0 Å². The van der Waals surface area contributed by atoms with Crippen molar-refractivity contribution in [2.75, 3.05) is 39.3 Å². The second-order valence-corrected chi connectivity index (χ2v) is 5.75. The third-order valence-electron chi connectivity index (χ3n) is 4.24. The largest absolute Gasteiger partial charge is 0.301 e. The molecule has 2 heteroatoms. The fraction of sp³-hybridized carbons (Fsp3) is 1.00. The van der Waals surface area contributed by atoms with Crippen molar-refractivity contribution in [1.82, 2.24) is 9.80 Å². The molecule has 2 nitrogen and oxygen atoms in total. The van der Waals surface area contributed by atoms with E-state index in [4.69, 9.17) is 0 Å². The SMILES string of the molecule is CCCCCCCCCCN1CCN(CC)CC1. The van der Waals surface area contributed by atoms with E-state index in [9.17, 15) is 0 Å². The zero-order chi connectivity index (χ0) is 13.1. The first-order valence-electron chi connectivity index (χ1n) is 8.31. The average molecular weight is 254 g/mol. The lowest BCUT2D eigenvalue weighted by Crippen LogP contribution is -2.46. The summed E-state index contributed by atoms with van der Waals surface area (Å²) in [4.78, 5) is 5.22. The molecule has 108 valence electrons. The van der Waals surface area contributed by atoms with Crippen molar-refractivity contribution in [2.45, 2.75) is 65.2 Å². The lowest BCUT2D eigenvalue weighted by Gasteiger charge is -2.33. The summed E-state index contributed by atoms with van der Waals surface area (Å²) in [6, 6.07) is 0. The summed E-state index contributed by atoms with van der Waals surface area (Å²) in [6.07, 6.45) is 11.5. The molecular weight excluding hydrogens is 220 g/mol. The van der Waals surface area contributed by atoms with E-state index >= 15 is 0 Å². The van der Waals surface area contributed by atoms with E-state index < -0.39 is 0 Å². The Morgan fingerprint density at radius 2 is 1.11 bits per heavy atom. The summed E-state index contributed by atoms with van der Waals surface area (Å²) in [6.45, 7) is 12.3. The summed E-state index contributed by atoms with van der Waals surface area (Å²) in [5.41, 5.74) is 0. The quantitative estimate of drug-likeness (QED) is 0.548. The standard InChI is InChI=1S/C16H34N2/c1-3-5-6-7-8-9-10-11-12-18-15-13-17(4-2)14-16-18/h3-16H2,1-2H3. The summed E-state index contributed by atoms with van der Waals surface area (Å²) < 4.78 is 0.